The summed E-state index contributed by atoms with van der Waals surface area (Å²) in [4.78, 5) is 4.89. The van der Waals surface area contributed by atoms with E-state index in [1.54, 1.807) is 4.52 Å². The Morgan fingerprint density at radius 1 is 1.07 bits per heavy atom. The zero-order valence-electron chi connectivity index (χ0n) is 17.0. The van der Waals surface area contributed by atoms with E-state index >= 15 is 0 Å². The first-order valence-corrected chi connectivity index (χ1v) is 10.4. The van der Waals surface area contributed by atoms with Crippen LogP contribution in [0.1, 0.15) is 43.1 Å². The average molecular weight is 403 g/mol. The molecule has 0 atom stereocenters. The fourth-order valence-corrected chi connectivity index (χ4v) is 4.18. The van der Waals surface area contributed by atoms with E-state index in [9.17, 15) is 0 Å². The van der Waals surface area contributed by atoms with Gasteiger partial charge in [-0.25, -0.2) is 9.50 Å². The van der Waals surface area contributed by atoms with Crippen LogP contribution in [0.2, 0.25) is 0 Å². The molecule has 4 aromatic rings. The van der Waals surface area contributed by atoms with Crippen molar-refractivity contribution in [2.75, 3.05) is 11.1 Å². The predicted molar refractivity (Wildman–Crippen MR) is 119 cm³/mol. The SMILES string of the molecule is Cc1ccc(-c2ccc(Nc3cc(N)nn4cc(C5CCC(N)CC5)nc34)cc2)o1. The summed E-state index contributed by atoms with van der Waals surface area (Å²) in [6.07, 6.45) is 6.22. The van der Waals surface area contributed by atoms with Gasteiger partial charge in [0.2, 0.25) is 0 Å². The molecule has 1 fully saturated rings. The minimum absolute atomic E-state index is 0.317. The molecule has 1 aromatic carbocycles. The number of hydrogen-bond acceptors (Lipinski definition) is 6. The molecule has 0 radical (unpaired) electrons. The molecule has 0 aliphatic heterocycles. The second kappa shape index (κ2) is 7.50. The Bertz CT molecular complexity index is 1170. The minimum atomic E-state index is 0.317. The number of aromatic nitrogens is 3. The highest BCUT2D eigenvalue weighted by Crippen LogP contribution is 2.33. The van der Waals surface area contributed by atoms with Crippen LogP contribution < -0.4 is 16.8 Å². The number of anilines is 3. The molecule has 5 N–H and O–H groups in total. The number of rotatable bonds is 4. The molecule has 0 bridgehead atoms. The van der Waals surface area contributed by atoms with Crippen LogP contribution in [0.15, 0.2) is 53.1 Å². The molecule has 1 aliphatic carbocycles. The number of nitrogens with one attached hydrogen (secondary N) is 1. The Hall–Kier alpha value is -3.32. The van der Waals surface area contributed by atoms with Gasteiger partial charge in [-0.15, -0.1) is 5.10 Å². The van der Waals surface area contributed by atoms with Gasteiger partial charge in [-0.1, -0.05) is 0 Å². The van der Waals surface area contributed by atoms with Gasteiger partial charge in [-0.2, -0.15) is 0 Å². The fourth-order valence-electron chi connectivity index (χ4n) is 4.18. The number of benzene rings is 1. The van der Waals surface area contributed by atoms with Crippen molar-refractivity contribution >= 4 is 22.8 Å². The van der Waals surface area contributed by atoms with E-state index in [1.165, 1.54) is 0 Å². The topological polar surface area (TPSA) is 107 Å². The summed E-state index contributed by atoms with van der Waals surface area (Å²) in [7, 11) is 0. The lowest BCUT2D eigenvalue weighted by Gasteiger charge is -2.24. The first-order chi connectivity index (χ1) is 14.5. The number of nitrogens with zero attached hydrogens (tertiary/aromatic N) is 3. The Kier molecular flexibility index (Phi) is 4.67. The molecule has 0 spiro atoms. The molecule has 0 saturated heterocycles. The number of nitrogens with two attached hydrogens (primary N) is 2. The van der Waals surface area contributed by atoms with Gasteiger partial charge in [0.15, 0.2) is 5.65 Å². The highest BCUT2D eigenvalue weighted by Gasteiger charge is 2.23. The summed E-state index contributed by atoms with van der Waals surface area (Å²) in [5.74, 6) is 2.63. The molecule has 0 amide bonds. The monoisotopic (exact) mass is 402 g/mol. The van der Waals surface area contributed by atoms with Crippen LogP contribution in [0.25, 0.3) is 17.0 Å². The molecule has 7 heteroatoms. The van der Waals surface area contributed by atoms with E-state index < -0.39 is 0 Å². The number of furan rings is 1. The zero-order chi connectivity index (χ0) is 20.7. The van der Waals surface area contributed by atoms with Crippen LogP contribution in [0.4, 0.5) is 17.2 Å². The largest absolute Gasteiger partial charge is 0.461 e. The normalized spacial score (nSPS) is 19.3. The van der Waals surface area contributed by atoms with Crippen LogP contribution in [0.5, 0.6) is 0 Å². The molecule has 0 unspecified atom stereocenters. The van der Waals surface area contributed by atoms with Gasteiger partial charge in [0.1, 0.15) is 17.3 Å². The van der Waals surface area contributed by atoms with Crippen molar-refractivity contribution in [3.05, 3.63) is 60.1 Å². The predicted octanol–water partition coefficient (Wildman–Crippen LogP) is 4.61. The highest BCUT2D eigenvalue weighted by molar-refractivity contribution is 5.76. The van der Waals surface area contributed by atoms with Crippen molar-refractivity contribution in [1.29, 1.82) is 0 Å². The maximum Gasteiger partial charge on any atom is 0.177 e. The maximum atomic E-state index is 6.06. The van der Waals surface area contributed by atoms with Crippen molar-refractivity contribution in [2.24, 2.45) is 5.73 Å². The maximum absolute atomic E-state index is 6.06. The van der Waals surface area contributed by atoms with E-state index in [0.717, 1.165) is 65.5 Å². The number of fused-ring (bicyclic) bond motifs is 1. The van der Waals surface area contributed by atoms with Crippen molar-refractivity contribution in [3.63, 3.8) is 0 Å². The zero-order valence-corrected chi connectivity index (χ0v) is 17.0. The Morgan fingerprint density at radius 2 is 1.83 bits per heavy atom. The molecular weight excluding hydrogens is 376 g/mol. The van der Waals surface area contributed by atoms with Gasteiger partial charge in [0, 0.05) is 29.3 Å². The highest BCUT2D eigenvalue weighted by atomic mass is 16.3. The van der Waals surface area contributed by atoms with Crippen molar-refractivity contribution in [3.8, 4) is 11.3 Å². The van der Waals surface area contributed by atoms with E-state index in [0.29, 0.717) is 17.8 Å². The molecule has 1 aliphatic rings. The quantitative estimate of drug-likeness (QED) is 0.460. The van der Waals surface area contributed by atoms with Crippen LogP contribution in [0.3, 0.4) is 0 Å². The fraction of sp³-hybridized carbons (Fsp3) is 0.304. The number of aryl methyl sites for hydroxylation is 1. The molecular formula is C23H26N6O. The summed E-state index contributed by atoms with van der Waals surface area (Å²) in [5, 5.41) is 7.86. The average Bonchev–Trinajstić information content (AvgIpc) is 3.35. The molecule has 3 heterocycles. The molecule has 3 aromatic heterocycles. The summed E-state index contributed by atoms with van der Waals surface area (Å²) in [6, 6.07) is 14.2. The third kappa shape index (κ3) is 3.64. The van der Waals surface area contributed by atoms with Crippen LogP contribution in [-0.2, 0) is 0 Å². The van der Waals surface area contributed by atoms with Crippen molar-refractivity contribution in [1.82, 2.24) is 14.6 Å². The smallest absolute Gasteiger partial charge is 0.177 e. The Labute approximate surface area is 175 Å². The molecule has 154 valence electrons. The third-order valence-corrected chi connectivity index (χ3v) is 5.84. The van der Waals surface area contributed by atoms with Gasteiger partial charge in [-0.05, 0) is 69.0 Å². The van der Waals surface area contributed by atoms with Crippen molar-refractivity contribution in [2.45, 2.75) is 44.6 Å². The van der Waals surface area contributed by atoms with E-state index in [4.69, 9.17) is 20.9 Å². The number of nitrogen functional groups attached to an aromatic ring is 1. The van der Waals surface area contributed by atoms with E-state index in [1.807, 2.05) is 55.6 Å². The van der Waals surface area contributed by atoms with E-state index in [2.05, 4.69) is 10.4 Å². The lowest BCUT2D eigenvalue weighted by atomic mass is 9.85. The lowest BCUT2D eigenvalue weighted by Crippen LogP contribution is -2.25. The summed E-state index contributed by atoms with van der Waals surface area (Å²) >= 11 is 0. The minimum Gasteiger partial charge on any atom is -0.461 e. The second-order valence-corrected chi connectivity index (χ2v) is 8.14. The van der Waals surface area contributed by atoms with Gasteiger partial charge < -0.3 is 21.2 Å². The molecule has 7 nitrogen and oxygen atoms in total. The third-order valence-electron chi connectivity index (χ3n) is 5.84. The van der Waals surface area contributed by atoms with Crippen molar-refractivity contribution < 1.29 is 4.42 Å². The van der Waals surface area contributed by atoms with Gasteiger partial charge in [0.05, 0.1) is 17.6 Å². The molecule has 30 heavy (non-hydrogen) atoms. The number of hydrogen-bond donors (Lipinski definition) is 3. The Balaban J connectivity index is 1.42. The first kappa shape index (κ1) is 18.7. The van der Waals surface area contributed by atoms with Gasteiger partial charge >= 0.3 is 0 Å². The van der Waals surface area contributed by atoms with Crippen LogP contribution in [0, 0.1) is 6.92 Å². The van der Waals surface area contributed by atoms with Gasteiger partial charge in [0.25, 0.3) is 0 Å². The lowest BCUT2D eigenvalue weighted by molar-refractivity contribution is 0.391. The second-order valence-electron chi connectivity index (χ2n) is 8.14. The summed E-state index contributed by atoms with van der Waals surface area (Å²) < 4.78 is 7.48. The standard InChI is InChI=1S/C23H26N6O/c1-14-2-11-21(30-14)16-5-9-18(10-6-16)26-19-12-22(25)28-29-13-20(27-23(19)29)15-3-7-17(24)8-4-15/h2,5-6,9-13,15,17,26H,3-4,7-8,24H2,1H3,(H2,25,28). The molecule has 1 saturated carbocycles. The number of imidazole rings is 1. The van der Waals surface area contributed by atoms with Crippen LogP contribution in [-0.4, -0.2) is 20.6 Å². The summed E-state index contributed by atoms with van der Waals surface area (Å²) in [5.41, 5.74) is 16.8. The Morgan fingerprint density at radius 3 is 2.53 bits per heavy atom. The summed E-state index contributed by atoms with van der Waals surface area (Å²) in [6.45, 7) is 1.94. The molecule has 5 rings (SSSR count). The first-order valence-electron chi connectivity index (χ1n) is 10.4. The van der Waals surface area contributed by atoms with E-state index in [-0.39, 0.29) is 0 Å². The van der Waals surface area contributed by atoms with Crippen LogP contribution >= 0.6 is 0 Å². The van der Waals surface area contributed by atoms with Gasteiger partial charge in [-0.3, -0.25) is 0 Å².